The number of aliphatic imine (C=N–C) groups is 1. The number of nitrogens with two attached hydrogens (primary N) is 2. The third-order valence-corrected chi connectivity index (χ3v) is 4.98. The van der Waals surface area contributed by atoms with Crippen LogP contribution in [0.5, 0.6) is 0 Å². The summed E-state index contributed by atoms with van der Waals surface area (Å²) >= 11 is 0. The second kappa shape index (κ2) is 7.46. The maximum Gasteiger partial charge on any atom is 0.211 e. The lowest BCUT2D eigenvalue weighted by Crippen LogP contribution is -2.32. The second-order valence-electron chi connectivity index (χ2n) is 6.86. The first-order valence-electron chi connectivity index (χ1n) is 9.18. The normalized spacial score (nSPS) is 14.5. The highest BCUT2D eigenvalue weighted by molar-refractivity contribution is 5.98. The van der Waals surface area contributed by atoms with Gasteiger partial charge in [-0.2, -0.15) is 10.5 Å². The summed E-state index contributed by atoms with van der Waals surface area (Å²) in [4.78, 5) is 8.96. The molecule has 1 aliphatic heterocycles. The van der Waals surface area contributed by atoms with Gasteiger partial charge in [0.1, 0.15) is 29.3 Å². The molecule has 0 bridgehead atoms. The predicted molar refractivity (Wildman–Crippen MR) is 116 cm³/mol. The van der Waals surface area contributed by atoms with E-state index in [1.54, 1.807) is 0 Å². The number of nitrogens with one attached hydrogen (secondary N) is 2. The Balaban J connectivity index is 1.97. The van der Waals surface area contributed by atoms with Gasteiger partial charge in [-0.15, -0.1) is 0 Å². The minimum atomic E-state index is -0.588. The van der Waals surface area contributed by atoms with E-state index in [2.05, 4.69) is 20.6 Å². The molecule has 1 unspecified atom stereocenters. The van der Waals surface area contributed by atoms with Crippen LogP contribution in [0.3, 0.4) is 0 Å². The van der Waals surface area contributed by atoms with Crippen molar-refractivity contribution >= 4 is 23.3 Å². The Morgan fingerprint density at radius 3 is 2.50 bits per heavy atom. The van der Waals surface area contributed by atoms with Crippen molar-refractivity contribution in [3.05, 3.63) is 70.8 Å². The summed E-state index contributed by atoms with van der Waals surface area (Å²) in [6.45, 7) is 2.03. The number of aryl methyl sites for hydroxylation is 1. The summed E-state index contributed by atoms with van der Waals surface area (Å²) in [6, 6.07) is 17.4. The fourth-order valence-corrected chi connectivity index (χ4v) is 3.54. The van der Waals surface area contributed by atoms with Crippen molar-refractivity contribution in [3.8, 4) is 23.4 Å². The van der Waals surface area contributed by atoms with Crippen LogP contribution in [0.4, 0.5) is 17.3 Å². The molecular weight excluding hydrogens is 376 g/mol. The van der Waals surface area contributed by atoms with Gasteiger partial charge in [-0.05, 0) is 23.6 Å². The Labute approximate surface area is 173 Å². The first-order chi connectivity index (χ1) is 14.5. The lowest BCUT2D eigenvalue weighted by Gasteiger charge is -2.27. The van der Waals surface area contributed by atoms with Crippen LogP contribution < -0.4 is 22.1 Å². The molecule has 2 aromatic carbocycles. The topological polar surface area (TPSA) is 149 Å². The van der Waals surface area contributed by atoms with Crippen LogP contribution in [0, 0.1) is 29.7 Å². The summed E-state index contributed by atoms with van der Waals surface area (Å²) < 4.78 is 0. The van der Waals surface area contributed by atoms with Crippen LogP contribution >= 0.6 is 0 Å². The zero-order valence-corrected chi connectivity index (χ0v) is 16.1. The minimum Gasteiger partial charge on any atom is -0.397 e. The highest BCUT2D eigenvalue weighted by atomic mass is 15.2. The standard InChI is InChI=1S/C22H18N8/c1-12-6-8-13(9-7-12)14-4-2-3-5-15(14)19-17-18(25)16(10-23)20(26)29-21(17)30-22(28-19)27-11-24/h2-9,19H,1H3,(H6,25,26,27,28,29,30). The fourth-order valence-electron chi connectivity index (χ4n) is 3.54. The highest BCUT2D eigenvalue weighted by Gasteiger charge is 2.31. The molecule has 8 heteroatoms. The van der Waals surface area contributed by atoms with Crippen molar-refractivity contribution in [1.29, 1.82) is 10.5 Å². The molecule has 0 spiro atoms. The zero-order valence-electron chi connectivity index (χ0n) is 16.1. The van der Waals surface area contributed by atoms with E-state index >= 15 is 0 Å². The number of guanidine groups is 1. The van der Waals surface area contributed by atoms with Gasteiger partial charge in [-0.25, -0.2) is 9.98 Å². The summed E-state index contributed by atoms with van der Waals surface area (Å²) in [7, 11) is 0. The zero-order chi connectivity index (χ0) is 21.3. The van der Waals surface area contributed by atoms with Gasteiger partial charge in [-0.3, -0.25) is 5.32 Å². The molecule has 0 radical (unpaired) electrons. The number of pyridine rings is 1. The Bertz CT molecular complexity index is 1250. The number of nitriles is 2. The molecule has 0 saturated heterocycles. The molecule has 0 saturated carbocycles. The summed E-state index contributed by atoms with van der Waals surface area (Å²) in [5.41, 5.74) is 17.1. The summed E-state index contributed by atoms with van der Waals surface area (Å²) in [5, 5.41) is 24.0. The van der Waals surface area contributed by atoms with Crippen molar-refractivity contribution in [2.75, 3.05) is 16.8 Å². The Morgan fingerprint density at radius 1 is 1.07 bits per heavy atom. The number of nitrogen functional groups attached to an aromatic ring is 2. The van der Waals surface area contributed by atoms with Crippen LogP contribution in [0.1, 0.15) is 28.3 Å². The van der Waals surface area contributed by atoms with Gasteiger partial charge in [0.05, 0.1) is 5.69 Å². The quantitative estimate of drug-likeness (QED) is 0.385. The molecule has 8 nitrogen and oxygen atoms in total. The minimum absolute atomic E-state index is 0.0185. The van der Waals surface area contributed by atoms with E-state index in [1.807, 2.05) is 67.7 Å². The maximum atomic E-state index is 9.49. The number of fused-ring (bicyclic) bond motifs is 1. The second-order valence-corrected chi connectivity index (χ2v) is 6.86. The third-order valence-electron chi connectivity index (χ3n) is 4.98. The molecule has 0 fully saturated rings. The fraction of sp³-hybridized carbons (Fsp3) is 0.0909. The van der Waals surface area contributed by atoms with Gasteiger partial charge in [0.2, 0.25) is 5.96 Å². The van der Waals surface area contributed by atoms with E-state index in [1.165, 1.54) is 0 Å². The molecule has 146 valence electrons. The number of benzene rings is 2. The number of hydrogen-bond acceptors (Lipinski definition) is 8. The Hall–Kier alpha value is -4.56. The van der Waals surface area contributed by atoms with Gasteiger partial charge in [0, 0.05) is 5.56 Å². The highest BCUT2D eigenvalue weighted by Crippen LogP contribution is 2.43. The molecule has 1 aromatic heterocycles. The molecule has 6 N–H and O–H groups in total. The lowest BCUT2D eigenvalue weighted by molar-refractivity contribution is 0.848. The van der Waals surface area contributed by atoms with Gasteiger partial charge >= 0.3 is 0 Å². The van der Waals surface area contributed by atoms with Crippen LogP contribution in [-0.2, 0) is 0 Å². The molecule has 3 aromatic rings. The van der Waals surface area contributed by atoms with Crippen molar-refractivity contribution in [2.24, 2.45) is 4.99 Å². The van der Waals surface area contributed by atoms with Gasteiger partial charge in [-0.1, -0.05) is 54.1 Å². The largest absolute Gasteiger partial charge is 0.397 e. The average Bonchev–Trinajstić information content (AvgIpc) is 2.74. The van der Waals surface area contributed by atoms with E-state index in [9.17, 15) is 5.26 Å². The van der Waals surface area contributed by atoms with Crippen molar-refractivity contribution in [1.82, 2.24) is 10.3 Å². The Kier molecular flexibility index (Phi) is 4.67. The number of aromatic nitrogens is 1. The molecule has 2 heterocycles. The van der Waals surface area contributed by atoms with Crippen LogP contribution in [0.15, 0.2) is 53.5 Å². The van der Waals surface area contributed by atoms with E-state index < -0.39 is 6.04 Å². The number of anilines is 3. The van der Waals surface area contributed by atoms with Gasteiger partial charge in [0.15, 0.2) is 6.19 Å². The predicted octanol–water partition coefficient (Wildman–Crippen LogP) is 3.03. The molecule has 30 heavy (non-hydrogen) atoms. The first kappa shape index (κ1) is 18.8. The van der Waals surface area contributed by atoms with E-state index in [0.29, 0.717) is 11.4 Å². The van der Waals surface area contributed by atoms with Gasteiger partial charge < -0.3 is 16.8 Å². The number of rotatable bonds is 2. The average molecular weight is 394 g/mol. The lowest BCUT2D eigenvalue weighted by atomic mass is 9.89. The Morgan fingerprint density at radius 2 is 1.80 bits per heavy atom. The molecule has 1 atom stereocenters. The summed E-state index contributed by atoms with van der Waals surface area (Å²) in [6.07, 6.45) is 1.86. The third kappa shape index (κ3) is 3.13. The maximum absolute atomic E-state index is 9.49. The molecule has 4 rings (SSSR count). The van der Waals surface area contributed by atoms with Crippen LogP contribution in [-0.4, -0.2) is 10.9 Å². The molecule has 0 aliphatic carbocycles. The van der Waals surface area contributed by atoms with E-state index in [4.69, 9.17) is 16.7 Å². The molecule has 1 aliphatic rings. The molecular formula is C22H18N8. The van der Waals surface area contributed by atoms with Gasteiger partial charge in [0.25, 0.3) is 0 Å². The number of hydrogen-bond donors (Lipinski definition) is 4. The number of nitrogens with zero attached hydrogens (tertiary/aromatic N) is 4. The monoisotopic (exact) mass is 394 g/mol. The van der Waals surface area contributed by atoms with E-state index in [-0.39, 0.29) is 23.0 Å². The van der Waals surface area contributed by atoms with Crippen molar-refractivity contribution in [2.45, 2.75) is 13.0 Å². The van der Waals surface area contributed by atoms with Crippen LogP contribution in [0.25, 0.3) is 11.1 Å². The summed E-state index contributed by atoms with van der Waals surface area (Å²) in [5.74, 6) is 0.607. The van der Waals surface area contributed by atoms with Crippen LogP contribution in [0.2, 0.25) is 0 Å². The molecule has 0 amide bonds. The van der Waals surface area contributed by atoms with E-state index in [0.717, 1.165) is 22.3 Å². The smallest absolute Gasteiger partial charge is 0.211 e. The van der Waals surface area contributed by atoms with Crippen molar-refractivity contribution in [3.63, 3.8) is 0 Å². The first-order valence-corrected chi connectivity index (χ1v) is 9.18. The SMILES string of the molecule is Cc1ccc(-c2ccccc2C2N=C(NC#N)Nc3nc(N)c(C#N)c(N)c32)cc1. The van der Waals surface area contributed by atoms with Crippen molar-refractivity contribution < 1.29 is 0 Å².